The molecule has 1 rings (SSSR count). The molecule has 0 aliphatic rings. The summed E-state index contributed by atoms with van der Waals surface area (Å²) in [6, 6.07) is 0. The van der Waals surface area contributed by atoms with E-state index in [2.05, 4.69) is 29.5 Å². The standard InChI is InChI=1S/C12H20N2O2S/c1-3-4-12(17)10-7-13-6-9(14-10)5-11(16)8(2)15/h6-8,11-12,15-17H,3-5H2,1-2H3/t8-,11-,12-/m0/s1. The monoisotopic (exact) mass is 256 g/mol. The molecule has 0 aliphatic heterocycles. The van der Waals surface area contributed by atoms with Crippen molar-refractivity contribution in [1.82, 2.24) is 9.97 Å². The topological polar surface area (TPSA) is 66.2 Å². The molecule has 2 N–H and O–H groups in total. The van der Waals surface area contributed by atoms with Crippen molar-refractivity contribution in [3.05, 3.63) is 23.8 Å². The molecule has 4 nitrogen and oxygen atoms in total. The van der Waals surface area contributed by atoms with E-state index in [1.54, 1.807) is 19.3 Å². The van der Waals surface area contributed by atoms with Crippen LogP contribution in [-0.4, -0.2) is 32.4 Å². The highest BCUT2D eigenvalue weighted by atomic mass is 32.1. The van der Waals surface area contributed by atoms with Crippen molar-refractivity contribution in [3.63, 3.8) is 0 Å². The van der Waals surface area contributed by atoms with E-state index in [9.17, 15) is 10.2 Å². The van der Waals surface area contributed by atoms with Crippen LogP contribution in [0.1, 0.15) is 43.3 Å². The van der Waals surface area contributed by atoms with Crippen molar-refractivity contribution < 1.29 is 10.2 Å². The van der Waals surface area contributed by atoms with Gasteiger partial charge in [-0.2, -0.15) is 12.6 Å². The molecule has 17 heavy (non-hydrogen) atoms. The highest BCUT2D eigenvalue weighted by molar-refractivity contribution is 7.80. The molecule has 0 aliphatic carbocycles. The van der Waals surface area contributed by atoms with E-state index in [4.69, 9.17) is 0 Å². The van der Waals surface area contributed by atoms with Gasteiger partial charge < -0.3 is 10.2 Å². The zero-order valence-electron chi connectivity index (χ0n) is 10.2. The fourth-order valence-corrected chi connectivity index (χ4v) is 1.87. The Labute approximate surface area is 108 Å². The van der Waals surface area contributed by atoms with Crippen molar-refractivity contribution in [2.45, 2.75) is 50.6 Å². The zero-order valence-corrected chi connectivity index (χ0v) is 11.1. The fraction of sp³-hybridized carbons (Fsp3) is 0.667. The molecule has 0 bridgehead atoms. The SMILES string of the molecule is CCC[C@H](S)c1cncc(C[C@H](O)[C@H](C)O)n1. The van der Waals surface area contributed by atoms with Gasteiger partial charge in [0, 0.05) is 24.1 Å². The zero-order chi connectivity index (χ0) is 12.8. The van der Waals surface area contributed by atoms with Gasteiger partial charge in [-0.15, -0.1) is 0 Å². The normalized spacial score (nSPS) is 16.5. The van der Waals surface area contributed by atoms with Gasteiger partial charge in [0.05, 0.1) is 23.6 Å². The number of rotatable bonds is 6. The highest BCUT2D eigenvalue weighted by Crippen LogP contribution is 2.22. The van der Waals surface area contributed by atoms with Crippen LogP contribution in [0.3, 0.4) is 0 Å². The summed E-state index contributed by atoms with van der Waals surface area (Å²) in [5.74, 6) is 0. The Kier molecular flexibility index (Phi) is 5.88. The van der Waals surface area contributed by atoms with Gasteiger partial charge in [-0.3, -0.25) is 9.97 Å². The van der Waals surface area contributed by atoms with E-state index in [1.165, 1.54) is 0 Å². The Morgan fingerprint density at radius 2 is 2.06 bits per heavy atom. The molecule has 0 unspecified atom stereocenters. The second-order valence-corrected chi connectivity index (χ2v) is 4.88. The predicted molar refractivity (Wildman–Crippen MR) is 70.1 cm³/mol. The van der Waals surface area contributed by atoms with Crippen molar-refractivity contribution >= 4 is 12.6 Å². The number of hydrogen-bond acceptors (Lipinski definition) is 5. The second-order valence-electron chi connectivity index (χ2n) is 4.25. The second kappa shape index (κ2) is 6.93. The number of hydrogen-bond donors (Lipinski definition) is 3. The molecule has 96 valence electrons. The van der Waals surface area contributed by atoms with Crippen LogP contribution in [0, 0.1) is 0 Å². The number of aliphatic hydroxyl groups is 2. The molecule has 0 saturated heterocycles. The highest BCUT2D eigenvalue weighted by Gasteiger charge is 2.14. The molecule has 1 aromatic heterocycles. The van der Waals surface area contributed by atoms with Gasteiger partial charge in [0.25, 0.3) is 0 Å². The quantitative estimate of drug-likeness (QED) is 0.675. The summed E-state index contributed by atoms with van der Waals surface area (Å²) in [5.41, 5.74) is 1.51. The van der Waals surface area contributed by atoms with Crippen LogP contribution in [0.5, 0.6) is 0 Å². The molecule has 0 spiro atoms. The van der Waals surface area contributed by atoms with E-state index in [1.807, 2.05) is 0 Å². The fourth-order valence-electron chi connectivity index (χ4n) is 1.49. The lowest BCUT2D eigenvalue weighted by molar-refractivity contribution is 0.0313. The third-order valence-corrected chi connectivity index (χ3v) is 3.10. The average molecular weight is 256 g/mol. The number of nitrogens with zero attached hydrogens (tertiary/aromatic N) is 2. The Morgan fingerprint density at radius 3 is 2.65 bits per heavy atom. The summed E-state index contributed by atoms with van der Waals surface area (Å²) in [6.45, 7) is 3.65. The van der Waals surface area contributed by atoms with Gasteiger partial charge in [-0.05, 0) is 13.3 Å². The first kappa shape index (κ1) is 14.4. The Hall–Kier alpha value is -0.650. The van der Waals surface area contributed by atoms with Gasteiger partial charge in [-0.1, -0.05) is 13.3 Å². The third kappa shape index (κ3) is 4.61. The average Bonchev–Trinajstić information content (AvgIpc) is 2.29. The first-order chi connectivity index (χ1) is 8.04. The lowest BCUT2D eigenvalue weighted by atomic mass is 10.1. The van der Waals surface area contributed by atoms with Gasteiger partial charge in [0.2, 0.25) is 0 Å². The van der Waals surface area contributed by atoms with Crippen LogP contribution in [0.15, 0.2) is 12.4 Å². The lowest BCUT2D eigenvalue weighted by Crippen LogP contribution is -2.25. The van der Waals surface area contributed by atoms with Crippen LogP contribution < -0.4 is 0 Å². The van der Waals surface area contributed by atoms with Crippen LogP contribution in [0.2, 0.25) is 0 Å². The summed E-state index contributed by atoms with van der Waals surface area (Å²) in [6.07, 6.45) is 4.04. The minimum absolute atomic E-state index is 0.0798. The van der Waals surface area contributed by atoms with Crippen molar-refractivity contribution in [2.24, 2.45) is 0 Å². The smallest absolute Gasteiger partial charge is 0.0852 e. The molecular formula is C12H20N2O2S. The largest absolute Gasteiger partial charge is 0.391 e. The van der Waals surface area contributed by atoms with Gasteiger partial charge in [0.1, 0.15) is 0 Å². The Balaban J connectivity index is 2.72. The molecule has 0 aromatic carbocycles. The minimum Gasteiger partial charge on any atom is -0.391 e. The summed E-state index contributed by atoms with van der Waals surface area (Å²) in [7, 11) is 0. The molecule has 0 saturated carbocycles. The summed E-state index contributed by atoms with van der Waals surface area (Å²) in [4.78, 5) is 8.50. The van der Waals surface area contributed by atoms with E-state index in [-0.39, 0.29) is 5.25 Å². The van der Waals surface area contributed by atoms with Crippen molar-refractivity contribution in [3.8, 4) is 0 Å². The molecule has 0 fully saturated rings. The Bertz CT molecular complexity index is 347. The molecule has 1 heterocycles. The van der Waals surface area contributed by atoms with E-state index in [0.717, 1.165) is 18.5 Å². The molecule has 1 aromatic rings. The van der Waals surface area contributed by atoms with Crippen LogP contribution in [-0.2, 0) is 6.42 Å². The molecule has 3 atom stereocenters. The Morgan fingerprint density at radius 1 is 1.35 bits per heavy atom. The first-order valence-corrected chi connectivity index (χ1v) is 6.41. The van der Waals surface area contributed by atoms with Gasteiger partial charge in [-0.25, -0.2) is 0 Å². The summed E-state index contributed by atoms with van der Waals surface area (Å²) < 4.78 is 0. The molecular weight excluding hydrogens is 236 g/mol. The first-order valence-electron chi connectivity index (χ1n) is 5.89. The number of aromatic nitrogens is 2. The summed E-state index contributed by atoms with van der Waals surface area (Å²) >= 11 is 4.46. The lowest BCUT2D eigenvalue weighted by Gasteiger charge is -2.14. The molecule has 5 heteroatoms. The third-order valence-electron chi connectivity index (χ3n) is 2.58. The van der Waals surface area contributed by atoms with E-state index < -0.39 is 12.2 Å². The number of aliphatic hydroxyl groups excluding tert-OH is 2. The molecule has 0 radical (unpaired) electrons. The maximum absolute atomic E-state index is 9.58. The van der Waals surface area contributed by atoms with Gasteiger partial charge in [0.15, 0.2) is 0 Å². The number of thiol groups is 1. The van der Waals surface area contributed by atoms with Crippen molar-refractivity contribution in [2.75, 3.05) is 0 Å². The van der Waals surface area contributed by atoms with E-state index >= 15 is 0 Å². The van der Waals surface area contributed by atoms with Crippen LogP contribution >= 0.6 is 12.6 Å². The minimum atomic E-state index is -0.802. The predicted octanol–water partition coefficient (Wildman–Crippen LogP) is 1.53. The van der Waals surface area contributed by atoms with E-state index in [0.29, 0.717) is 12.1 Å². The maximum atomic E-state index is 9.58. The van der Waals surface area contributed by atoms with Crippen molar-refractivity contribution in [1.29, 1.82) is 0 Å². The van der Waals surface area contributed by atoms with Gasteiger partial charge >= 0.3 is 0 Å². The summed E-state index contributed by atoms with van der Waals surface area (Å²) in [5, 5.41) is 18.9. The van der Waals surface area contributed by atoms with Crippen LogP contribution in [0.4, 0.5) is 0 Å². The molecule has 0 amide bonds. The maximum Gasteiger partial charge on any atom is 0.0852 e. The van der Waals surface area contributed by atoms with Crippen LogP contribution in [0.25, 0.3) is 0 Å².